The highest BCUT2D eigenvalue weighted by molar-refractivity contribution is 6.33. The van der Waals surface area contributed by atoms with Crippen LogP contribution in [0.4, 0.5) is 11.5 Å². The summed E-state index contributed by atoms with van der Waals surface area (Å²) in [5.74, 6) is 0.392. The second-order valence-corrected chi connectivity index (χ2v) is 5.98. The highest BCUT2D eigenvalue weighted by Gasteiger charge is 2.21. The van der Waals surface area contributed by atoms with E-state index in [1.807, 2.05) is 11.0 Å². The Bertz CT molecular complexity index is 705. The van der Waals surface area contributed by atoms with Crippen LogP contribution in [0.2, 0.25) is 5.02 Å². The maximum atomic E-state index is 12.5. The molecule has 0 atom stereocenters. The molecular formula is C17H19ClN4O2. The van der Waals surface area contributed by atoms with E-state index < -0.39 is 0 Å². The predicted molar refractivity (Wildman–Crippen MR) is 92.4 cm³/mol. The molecular weight excluding hydrogens is 328 g/mol. The number of halogens is 1. The lowest BCUT2D eigenvalue weighted by Crippen LogP contribution is -2.35. The quantitative estimate of drug-likeness (QED) is 0.793. The van der Waals surface area contributed by atoms with Crippen molar-refractivity contribution in [1.29, 1.82) is 0 Å². The first-order chi connectivity index (χ1) is 11.7. The van der Waals surface area contributed by atoms with Crippen molar-refractivity contribution in [3.05, 3.63) is 47.4 Å². The first-order valence-electron chi connectivity index (χ1n) is 7.90. The molecule has 0 bridgehead atoms. The molecule has 3 heterocycles. The Balaban J connectivity index is 1.85. The average molecular weight is 347 g/mol. The number of anilines is 2. The van der Waals surface area contributed by atoms with Gasteiger partial charge in [-0.15, -0.1) is 0 Å². The van der Waals surface area contributed by atoms with Crippen LogP contribution >= 0.6 is 11.6 Å². The fraction of sp³-hybridized carbons (Fsp3) is 0.353. The maximum absolute atomic E-state index is 12.5. The molecule has 3 rings (SSSR count). The molecule has 1 aliphatic rings. The Hall–Kier alpha value is -2.18. The van der Waals surface area contributed by atoms with Crippen molar-refractivity contribution in [2.45, 2.75) is 19.3 Å². The topological polar surface area (TPSA) is 58.6 Å². The van der Waals surface area contributed by atoms with E-state index in [1.54, 1.807) is 30.7 Å². The largest absolute Gasteiger partial charge is 0.339 e. The standard InChI is InChI=1S/C17H19ClN4O2/c1-24-22(14-6-5-7-19-12-14)16-15(18)10-13(11-20-16)17(23)21-8-3-2-4-9-21/h5-7,10-12H,2-4,8-9H2,1H3. The number of rotatable bonds is 4. The lowest BCUT2D eigenvalue weighted by Gasteiger charge is -2.27. The Labute approximate surface area is 146 Å². The van der Waals surface area contributed by atoms with Gasteiger partial charge in [-0.2, -0.15) is 0 Å². The summed E-state index contributed by atoms with van der Waals surface area (Å²) in [5, 5.41) is 1.83. The zero-order valence-electron chi connectivity index (χ0n) is 13.5. The van der Waals surface area contributed by atoms with Crippen molar-refractivity contribution in [1.82, 2.24) is 14.9 Å². The van der Waals surface area contributed by atoms with Crippen molar-refractivity contribution in [2.24, 2.45) is 0 Å². The monoisotopic (exact) mass is 346 g/mol. The molecule has 0 aliphatic carbocycles. The van der Waals surface area contributed by atoms with Gasteiger partial charge in [-0.05, 0) is 37.5 Å². The Kier molecular flexibility index (Phi) is 5.27. The van der Waals surface area contributed by atoms with E-state index in [2.05, 4.69) is 9.97 Å². The van der Waals surface area contributed by atoms with E-state index >= 15 is 0 Å². The Morgan fingerprint density at radius 3 is 2.71 bits per heavy atom. The zero-order valence-corrected chi connectivity index (χ0v) is 14.2. The summed E-state index contributed by atoms with van der Waals surface area (Å²) in [5.41, 5.74) is 1.19. The van der Waals surface area contributed by atoms with Gasteiger partial charge in [0.15, 0.2) is 5.82 Å². The Morgan fingerprint density at radius 2 is 2.08 bits per heavy atom. The van der Waals surface area contributed by atoms with E-state index in [0.717, 1.165) is 25.9 Å². The molecule has 7 heteroatoms. The number of pyridine rings is 2. The zero-order chi connectivity index (χ0) is 16.9. The summed E-state index contributed by atoms with van der Waals surface area (Å²) < 4.78 is 0. The van der Waals surface area contributed by atoms with Gasteiger partial charge in [0.25, 0.3) is 5.91 Å². The normalized spacial score (nSPS) is 14.5. The summed E-state index contributed by atoms with van der Waals surface area (Å²) in [7, 11) is 1.53. The minimum Gasteiger partial charge on any atom is -0.339 e. The second-order valence-electron chi connectivity index (χ2n) is 5.57. The molecule has 1 saturated heterocycles. The van der Waals surface area contributed by atoms with E-state index in [4.69, 9.17) is 16.4 Å². The molecule has 2 aromatic heterocycles. The molecule has 1 aliphatic heterocycles. The van der Waals surface area contributed by atoms with Gasteiger partial charge >= 0.3 is 0 Å². The van der Waals surface area contributed by atoms with Gasteiger partial charge in [-0.1, -0.05) is 11.6 Å². The first kappa shape index (κ1) is 16.7. The highest BCUT2D eigenvalue weighted by atomic mass is 35.5. The SMILES string of the molecule is CON(c1cccnc1)c1ncc(C(=O)N2CCCCC2)cc1Cl. The van der Waals surface area contributed by atoms with Gasteiger partial charge in [0, 0.05) is 25.5 Å². The van der Waals surface area contributed by atoms with Gasteiger partial charge in [-0.25, -0.2) is 10.0 Å². The third-order valence-electron chi connectivity index (χ3n) is 3.97. The number of carbonyl (C=O) groups excluding carboxylic acids is 1. The summed E-state index contributed by atoms with van der Waals surface area (Å²) in [6, 6.07) is 5.27. The predicted octanol–water partition coefficient (Wildman–Crippen LogP) is 3.46. The van der Waals surface area contributed by atoms with Gasteiger partial charge in [-0.3, -0.25) is 14.6 Å². The molecule has 24 heavy (non-hydrogen) atoms. The molecule has 0 N–H and O–H groups in total. The number of carbonyl (C=O) groups is 1. The lowest BCUT2D eigenvalue weighted by atomic mass is 10.1. The van der Waals surface area contributed by atoms with Crippen molar-refractivity contribution < 1.29 is 9.63 Å². The van der Waals surface area contributed by atoms with Crippen LogP contribution in [0.25, 0.3) is 0 Å². The number of piperidine rings is 1. The van der Waals surface area contributed by atoms with Crippen LogP contribution in [0.3, 0.4) is 0 Å². The van der Waals surface area contributed by atoms with Crippen LogP contribution in [-0.4, -0.2) is 41.0 Å². The van der Waals surface area contributed by atoms with Crippen LogP contribution in [0.15, 0.2) is 36.8 Å². The number of amides is 1. The molecule has 1 amide bonds. The molecule has 0 aromatic carbocycles. The van der Waals surface area contributed by atoms with E-state index in [9.17, 15) is 4.79 Å². The van der Waals surface area contributed by atoms with Crippen LogP contribution in [0.5, 0.6) is 0 Å². The first-order valence-corrected chi connectivity index (χ1v) is 8.27. The van der Waals surface area contributed by atoms with Crippen LogP contribution in [0, 0.1) is 0 Å². The maximum Gasteiger partial charge on any atom is 0.255 e. The number of hydrogen-bond acceptors (Lipinski definition) is 5. The lowest BCUT2D eigenvalue weighted by molar-refractivity contribution is 0.0724. The van der Waals surface area contributed by atoms with Crippen molar-refractivity contribution in [2.75, 3.05) is 25.3 Å². The summed E-state index contributed by atoms with van der Waals surface area (Å²) in [6.45, 7) is 1.58. The number of aromatic nitrogens is 2. The third kappa shape index (κ3) is 3.49. The van der Waals surface area contributed by atoms with Crippen LogP contribution in [-0.2, 0) is 4.84 Å². The van der Waals surface area contributed by atoms with Gasteiger partial charge in [0.05, 0.1) is 29.6 Å². The number of nitrogens with zero attached hydrogens (tertiary/aromatic N) is 4. The van der Waals surface area contributed by atoms with Crippen molar-refractivity contribution in [3.8, 4) is 0 Å². The third-order valence-corrected chi connectivity index (χ3v) is 4.25. The van der Waals surface area contributed by atoms with E-state index in [0.29, 0.717) is 22.1 Å². The number of likely N-dealkylation sites (tertiary alicyclic amines) is 1. The molecule has 0 saturated carbocycles. The second kappa shape index (κ2) is 7.59. The molecule has 6 nitrogen and oxygen atoms in total. The fourth-order valence-electron chi connectivity index (χ4n) is 2.76. The molecule has 0 unspecified atom stereocenters. The molecule has 1 fully saturated rings. The van der Waals surface area contributed by atoms with Crippen LogP contribution in [0.1, 0.15) is 29.6 Å². The minimum absolute atomic E-state index is 0.0269. The highest BCUT2D eigenvalue weighted by Crippen LogP contribution is 2.30. The van der Waals surface area contributed by atoms with Gasteiger partial charge < -0.3 is 4.90 Å². The Morgan fingerprint density at radius 1 is 1.29 bits per heavy atom. The average Bonchev–Trinajstić information content (AvgIpc) is 2.64. The van der Waals surface area contributed by atoms with E-state index in [1.165, 1.54) is 18.6 Å². The van der Waals surface area contributed by atoms with Gasteiger partial charge in [0.1, 0.15) is 0 Å². The van der Waals surface area contributed by atoms with Gasteiger partial charge in [0.2, 0.25) is 0 Å². The molecule has 0 spiro atoms. The number of hydrogen-bond donors (Lipinski definition) is 0. The molecule has 126 valence electrons. The van der Waals surface area contributed by atoms with Crippen LogP contribution < -0.4 is 5.06 Å². The summed E-state index contributed by atoms with van der Waals surface area (Å²) >= 11 is 6.36. The smallest absolute Gasteiger partial charge is 0.255 e. The summed E-state index contributed by atoms with van der Waals surface area (Å²) in [4.78, 5) is 28.2. The minimum atomic E-state index is -0.0269. The van der Waals surface area contributed by atoms with Crippen molar-refractivity contribution >= 4 is 29.0 Å². The molecule has 2 aromatic rings. The fourth-order valence-corrected chi connectivity index (χ4v) is 3.01. The van der Waals surface area contributed by atoms with E-state index in [-0.39, 0.29) is 5.91 Å². The van der Waals surface area contributed by atoms with Crippen molar-refractivity contribution in [3.63, 3.8) is 0 Å². The molecule has 0 radical (unpaired) electrons. The summed E-state index contributed by atoms with van der Waals surface area (Å²) in [6.07, 6.45) is 8.13.